The lowest BCUT2D eigenvalue weighted by Gasteiger charge is -2.32. The smallest absolute Gasteiger partial charge is 0.273 e. The molecular weight excluding hydrogens is 286 g/mol. The number of aromatic nitrogens is 1. The molecule has 0 saturated carbocycles. The first-order valence-electron chi connectivity index (χ1n) is 8.60. The van der Waals surface area contributed by atoms with Crippen molar-refractivity contribution in [2.24, 2.45) is 0 Å². The number of hydrogen-bond donors (Lipinski definition) is 0. The topological polar surface area (TPSA) is 36.4 Å². The number of fused-ring (bicyclic) bond motifs is 2. The molecule has 2 aliphatic rings. The van der Waals surface area contributed by atoms with E-state index in [1.54, 1.807) is 6.20 Å². The highest BCUT2D eigenvalue weighted by molar-refractivity contribution is 6.05. The molecule has 1 aromatic carbocycles. The third-order valence-electron chi connectivity index (χ3n) is 5.47. The van der Waals surface area contributed by atoms with Gasteiger partial charge in [0.1, 0.15) is 5.69 Å². The highest BCUT2D eigenvalue weighted by Crippen LogP contribution is 2.30. The molecular formula is C19H23N3O. The van der Waals surface area contributed by atoms with E-state index in [0.29, 0.717) is 17.8 Å². The predicted molar refractivity (Wildman–Crippen MR) is 91.5 cm³/mol. The van der Waals surface area contributed by atoms with Crippen molar-refractivity contribution >= 4 is 16.7 Å². The van der Waals surface area contributed by atoms with Crippen LogP contribution in [-0.4, -0.2) is 52.9 Å². The first-order chi connectivity index (χ1) is 11.3. The molecule has 23 heavy (non-hydrogen) atoms. The first kappa shape index (κ1) is 14.6. The zero-order valence-corrected chi connectivity index (χ0v) is 13.6. The third-order valence-corrected chi connectivity index (χ3v) is 5.47. The molecule has 0 N–H and O–H groups in total. The van der Waals surface area contributed by atoms with Crippen molar-refractivity contribution in [2.45, 2.75) is 37.8 Å². The van der Waals surface area contributed by atoms with Gasteiger partial charge in [0, 0.05) is 36.8 Å². The molecule has 2 aliphatic heterocycles. The molecule has 1 amide bonds. The summed E-state index contributed by atoms with van der Waals surface area (Å²) in [5, 5.41) is 2.05. The minimum absolute atomic E-state index is 0.106. The standard InChI is InChI=1S/C19H23N3O/c1-21-13-10-17-16(21)8-4-5-12-22(17)19(23)18-15-7-3-2-6-14(15)9-11-20-18/h2-3,6-7,9,11,16-17H,4-5,8,10,12-13H2,1H3/t16-,17-/m1/s1. The number of pyridine rings is 1. The second-order valence-corrected chi connectivity index (χ2v) is 6.78. The fraction of sp³-hybridized carbons (Fsp3) is 0.474. The molecule has 2 fully saturated rings. The number of rotatable bonds is 1. The van der Waals surface area contributed by atoms with Gasteiger partial charge in [-0.1, -0.05) is 30.7 Å². The Labute approximate surface area is 137 Å². The summed E-state index contributed by atoms with van der Waals surface area (Å²) < 4.78 is 0. The van der Waals surface area contributed by atoms with E-state index in [4.69, 9.17) is 0 Å². The number of hydrogen-bond acceptors (Lipinski definition) is 3. The second-order valence-electron chi connectivity index (χ2n) is 6.78. The van der Waals surface area contributed by atoms with Crippen molar-refractivity contribution in [1.29, 1.82) is 0 Å². The number of carbonyl (C=O) groups is 1. The van der Waals surface area contributed by atoms with E-state index in [0.717, 1.165) is 36.7 Å². The Hall–Kier alpha value is -1.94. The number of nitrogens with zero attached hydrogens (tertiary/aromatic N) is 3. The Morgan fingerprint density at radius 3 is 2.87 bits per heavy atom. The Kier molecular flexibility index (Phi) is 3.77. The molecule has 4 heteroatoms. The molecule has 0 unspecified atom stereocenters. The molecule has 4 rings (SSSR count). The quantitative estimate of drug-likeness (QED) is 0.812. The molecule has 2 aromatic rings. The summed E-state index contributed by atoms with van der Waals surface area (Å²) >= 11 is 0. The summed E-state index contributed by atoms with van der Waals surface area (Å²) in [5.74, 6) is 0.106. The Balaban J connectivity index is 1.72. The number of likely N-dealkylation sites (N-methyl/N-ethyl adjacent to an activating group) is 1. The van der Waals surface area contributed by atoms with Gasteiger partial charge in [0.2, 0.25) is 0 Å². The third kappa shape index (κ3) is 2.51. The maximum absolute atomic E-state index is 13.3. The lowest BCUT2D eigenvalue weighted by atomic mass is 10.0. The minimum atomic E-state index is 0.106. The van der Waals surface area contributed by atoms with Gasteiger partial charge in [0.05, 0.1) is 0 Å². The predicted octanol–water partition coefficient (Wildman–Crippen LogP) is 2.93. The van der Waals surface area contributed by atoms with Crippen LogP contribution in [0.15, 0.2) is 36.5 Å². The summed E-state index contributed by atoms with van der Waals surface area (Å²) in [5.41, 5.74) is 0.610. The summed E-state index contributed by atoms with van der Waals surface area (Å²) in [7, 11) is 2.19. The van der Waals surface area contributed by atoms with Crippen LogP contribution in [-0.2, 0) is 0 Å². The Morgan fingerprint density at radius 1 is 1.09 bits per heavy atom. The molecule has 120 valence electrons. The van der Waals surface area contributed by atoms with Crippen LogP contribution in [0, 0.1) is 0 Å². The Morgan fingerprint density at radius 2 is 1.96 bits per heavy atom. The maximum atomic E-state index is 13.3. The van der Waals surface area contributed by atoms with E-state index in [1.165, 1.54) is 12.8 Å². The van der Waals surface area contributed by atoms with Crippen molar-refractivity contribution in [3.05, 3.63) is 42.2 Å². The SMILES string of the molecule is CN1CC[C@@H]2[C@H]1CCCCN2C(=O)c1nccc2ccccc12. The molecule has 3 heterocycles. The van der Waals surface area contributed by atoms with Gasteiger partial charge >= 0.3 is 0 Å². The van der Waals surface area contributed by atoms with Crippen LogP contribution in [0.2, 0.25) is 0 Å². The molecule has 0 radical (unpaired) electrons. The largest absolute Gasteiger partial charge is 0.333 e. The monoisotopic (exact) mass is 309 g/mol. The van der Waals surface area contributed by atoms with Crippen molar-refractivity contribution in [2.75, 3.05) is 20.1 Å². The van der Waals surface area contributed by atoms with E-state index in [1.807, 2.05) is 30.3 Å². The van der Waals surface area contributed by atoms with Gasteiger partial charge in [-0.3, -0.25) is 9.78 Å². The Bertz CT molecular complexity index is 724. The molecule has 1 aromatic heterocycles. The number of likely N-dealkylation sites (tertiary alicyclic amines) is 2. The van der Waals surface area contributed by atoms with Crippen LogP contribution >= 0.6 is 0 Å². The lowest BCUT2D eigenvalue weighted by Crippen LogP contribution is -2.46. The van der Waals surface area contributed by atoms with E-state index in [2.05, 4.69) is 21.8 Å². The fourth-order valence-electron chi connectivity index (χ4n) is 4.24. The average molecular weight is 309 g/mol. The van der Waals surface area contributed by atoms with Crippen molar-refractivity contribution < 1.29 is 4.79 Å². The fourth-order valence-corrected chi connectivity index (χ4v) is 4.24. The van der Waals surface area contributed by atoms with Crippen molar-refractivity contribution in [3.63, 3.8) is 0 Å². The number of amides is 1. The zero-order valence-electron chi connectivity index (χ0n) is 13.6. The first-order valence-corrected chi connectivity index (χ1v) is 8.60. The van der Waals surface area contributed by atoms with E-state index in [9.17, 15) is 4.79 Å². The van der Waals surface area contributed by atoms with Crippen LogP contribution in [0.25, 0.3) is 10.8 Å². The van der Waals surface area contributed by atoms with Crippen LogP contribution in [0.3, 0.4) is 0 Å². The van der Waals surface area contributed by atoms with Crippen LogP contribution in [0.1, 0.15) is 36.2 Å². The van der Waals surface area contributed by atoms with Crippen molar-refractivity contribution in [3.8, 4) is 0 Å². The van der Waals surface area contributed by atoms with Gasteiger partial charge in [-0.15, -0.1) is 0 Å². The highest BCUT2D eigenvalue weighted by Gasteiger charge is 2.39. The summed E-state index contributed by atoms with van der Waals surface area (Å²) in [6.45, 7) is 1.95. The molecule has 4 nitrogen and oxygen atoms in total. The van der Waals surface area contributed by atoms with Crippen LogP contribution in [0.4, 0.5) is 0 Å². The van der Waals surface area contributed by atoms with E-state index >= 15 is 0 Å². The van der Waals surface area contributed by atoms with E-state index in [-0.39, 0.29) is 5.91 Å². The maximum Gasteiger partial charge on any atom is 0.273 e. The molecule has 2 atom stereocenters. The normalized spacial score (nSPS) is 25.3. The summed E-state index contributed by atoms with van der Waals surface area (Å²) in [6, 6.07) is 10.9. The second kappa shape index (κ2) is 5.93. The van der Waals surface area contributed by atoms with Gasteiger partial charge in [-0.25, -0.2) is 0 Å². The highest BCUT2D eigenvalue weighted by atomic mass is 16.2. The number of carbonyl (C=O) groups excluding carboxylic acids is 1. The van der Waals surface area contributed by atoms with Gasteiger partial charge in [-0.2, -0.15) is 0 Å². The lowest BCUT2D eigenvalue weighted by molar-refractivity contribution is 0.0655. The molecule has 0 bridgehead atoms. The van der Waals surface area contributed by atoms with Gasteiger partial charge < -0.3 is 9.80 Å². The van der Waals surface area contributed by atoms with Crippen LogP contribution in [0.5, 0.6) is 0 Å². The number of benzene rings is 1. The molecule has 0 spiro atoms. The van der Waals surface area contributed by atoms with Crippen molar-refractivity contribution in [1.82, 2.24) is 14.8 Å². The van der Waals surface area contributed by atoms with Gasteiger partial charge in [-0.05, 0) is 37.8 Å². The van der Waals surface area contributed by atoms with Gasteiger partial charge in [0.25, 0.3) is 5.91 Å². The minimum Gasteiger partial charge on any atom is -0.333 e. The summed E-state index contributed by atoms with van der Waals surface area (Å²) in [6.07, 6.45) is 6.34. The van der Waals surface area contributed by atoms with Crippen LogP contribution < -0.4 is 0 Å². The summed E-state index contributed by atoms with van der Waals surface area (Å²) in [4.78, 5) is 22.2. The average Bonchev–Trinajstić information content (AvgIpc) is 2.82. The zero-order chi connectivity index (χ0) is 15.8. The molecule has 0 aliphatic carbocycles. The van der Waals surface area contributed by atoms with E-state index < -0.39 is 0 Å². The molecule has 2 saturated heterocycles. The van der Waals surface area contributed by atoms with Gasteiger partial charge in [0.15, 0.2) is 0 Å².